The number of hydrogen-bond donors (Lipinski definition) is 0. The maximum absolute atomic E-state index is 10.5. The van der Waals surface area contributed by atoms with Crippen molar-refractivity contribution in [3.05, 3.63) is 29.9 Å². The average Bonchev–Trinajstić information content (AvgIpc) is 2.61. The molecule has 5 nitrogen and oxygen atoms in total. The van der Waals surface area contributed by atoms with Crippen molar-refractivity contribution in [2.24, 2.45) is 0 Å². The molecule has 14 heavy (non-hydrogen) atoms. The zero-order chi connectivity index (χ0) is 9.97. The minimum absolute atomic E-state index is 0.215. The molecular formula is C9H7N3O2. The van der Waals surface area contributed by atoms with E-state index in [1.807, 2.05) is 0 Å². The number of aldehydes is 1. The van der Waals surface area contributed by atoms with Crippen molar-refractivity contribution in [2.75, 3.05) is 0 Å². The highest BCUT2D eigenvalue weighted by molar-refractivity contribution is 5.72. The predicted octanol–water partition coefficient (Wildman–Crippen LogP) is 1.25. The molecule has 0 aliphatic rings. The summed E-state index contributed by atoms with van der Waals surface area (Å²) in [4.78, 5) is 22.4. The van der Waals surface area contributed by atoms with E-state index in [9.17, 15) is 4.79 Å². The van der Waals surface area contributed by atoms with Gasteiger partial charge >= 0.3 is 0 Å². The fourth-order valence-corrected chi connectivity index (χ4v) is 1.02. The molecule has 5 heteroatoms. The lowest BCUT2D eigenvalue weighted by Gasteiger charge is -1.89. The van der Waals surface area contributed by atoms with Crippen molar-refractivity contribution in [2.45, 2.75) is 6.92 Å². The van der Waals surface area contributed by atoms with Crippen LogP contribution in [0, 0.1) is 6.92 Å². The normalized spacial score (nSPS) is 10.1. The van der Waals surface area contributed by atoms with Crippen LogP contribution in [0.1, 0.15) is 16.2 Å². The Hall–Kier alpha value is -2.04. The number of carbonyl (C=O) groups is 1. The van der Waals surface area contributed by atoms with Crippen LogP contribution < -0.4 is 0 Å². The summed E-state index contributed by atoms with van der Waals surface area (Å²) in [6, 6.07) is 1.69. The van der Waals surface area contributed by atoms with Crippen LogP contribution >= 0.6 is 0 Å². The number of aryl methyl sites for hydroxylation is 1. The summed E-state index contributed by atoms with van der Waals surface area (Å²) in [5.41, 5.74) is 0.544. The van der Waals surface area contributed by atoms with Gasteiger partial charge in [0.1, 0.15) is 0 Å². The molecule has 0 atom stereocenters. The van der Waals surface area contributed by atoms with Gasteiger partial charge < -0.3 is 4.42 Å². The van der Waals surface area contributed by atoms with Crippen LogP contribution in [0.2, 0.25) is 0 Å². The van der Waals surface area contributed by atoms with E-state index < -0.39 is 0 Å². The summed E-state index contributed by atoms with van der Waals surface area (Å²) in [7, 11) is 0. The molecule has 0 aliphatic heterocycles. The molecule has 0 unspecified atom stereocenters. The first-order chi connectivity index (χ1) is 6.81. The molecular weight excluding hydrogens is 182 g/mol. The average molecular weight is 189 g/mol. The van der Waals surface area contributed by atoms with Gasteiger partial charge in [0.05, 0.1) is 5.69 Å². The van der Waals surface area contributed by atoms with Crippen molar-refractivity contribution < 1.29 is 9.21 Å². The summed E-state index contributed by atoms with van der Waals surface area (Å²) in [5.74, 6) is 0.862. The third-order valence-electron chi connectivity index (χ3n) is 1.70. The highest BCUT2D eigenvalue weighted by Crippen LogP contribution is 2.15. The van der Waals surface area contributed by atoms with E-state index in [1.165, 1.54) is 0 Å². The van der Waals surface area contributed by atoms with Crippen molar-refractivity contribution in [3.8, 4) is 11.7 Å². The summed E-state index contributed by atoms with van der Waals surface area (Å²) in [6.45, 7) is 1.69. The van der Waals surface area contributed by atoms with Crippen LogP contribution in [0.25, 0.3) is 11.7 Å². The van der Waals surface area contributed by atoms with Gasteiger partial charge in [-0.25, -0.2) is 15.0 Å². The second kappa shape index (κ2) is 3.37. The Morgan fingerprint density at radius 1 is 1.36 bits per heavy atom. The van der Waals surface area contributed by atoms with Crippen LogP contribution in [0.15, 0.2) is 22.9 Å². The number of aromatic nitrogens is 3. The number of hydrogen-bond acceptors (Lipinski definition) is 5. The fraction of sp³-hybridized carbons (Fsp3) is 0.111. The first kappa shape index (κ1) is 8.55. The fourth-order valence-electron chi connectivity index (χ4n) is 1.02. The topological polar surface area (TPSA) is 68.9 Å². The summed E-state index contributed by atoms with van der Waals surface area (Å²) in [6.07, 6.45) is 3.79. The van der Waals surface area contributed by atoms with E-state index in [0.717, 1.165) is 0 Å². The van der Waals surface area contributed by atoms with Gasteiger partial charge in [0, 0.05) is 12.4 Å². The third-order valence-corrected chi connectivity index (χ3v) is 1.70. The van der Waals surface area contributed by atoms with E-state index in [4.69, 9.17) is 4.42 Å². The smallest absolute Gasteiger partial charge is 0.265 e. The molecule has 2 aromatic rings. The first-order valence-electron chi connectivity index (χ1n) is 4.01. The molecule has 0 aromatic carbocycles. The van der Waals surface area contributed by atoms with Crippen LogP contribution in [0.5, 0.6) is 0 Å². The molecule has 0 fully saturated rings. The molecule has 0 bridgehead atoms. The number of rotatable bonds is 2. The van der Waals surface area contributed by atoms with E-state index in [-0.39, 0.29) is 11.7 Å². The van der Waals surface area contributed by atoms with Gasteiger partial charge in [0.25, 0.3) is 5.89 Å². The standard InChI is InChI=1S/C9H7N3O2/c1-6-7(5-13)14-9(12-6)8-10-3-2-4-11-8/h2-5H,1H3. The molecule has 2 heterocycles. The lowest BCUT2D eigenvalue weighted by Crippen LogP contribution is -1.86. The summed E-state index contributed by atoms with van der Waals surface area (Å²) < 4.78 is 5.15. The molecule has 0 saturated heterocycles. The van der Waals surface area contributed by atoms with Gasteiger partial charge in [0.15, 0.2) is 12.0 Å². The van der Waals surface area contributed by atoms with Crippen LogP contribution in [-0.2, 0) is 0 Å². The quantitative estimate of drug-likeness (QED) is 0.665. The molecule has 0 spiro atoms. The zero-order valence-electron chi connectivity index (χ0n) is 7.47. The molecule has 70 valence electrons. The van der Waals surface area contributed by atoms with E-state index in [1.54, 1.807) is 25.4 Å². The first-order valence-corrected chi connectivity index (χ1v) is 4.01. The maximum atomic E-state index is 10.5. The van der Waals surface area contributed by atoms with Gasteiger partial charge in [-0.2, -0.15) is 0 Å². The molecule has 2 rings (SSSR count). The monoisotopic (exact) mass is 189 g/mol. The molecule has 0 radical (unpaired) electrons. The van der Waals surface area contributed by atoms with Crippen molar-refractivity contribution in [3.63, 3.8) is 0 Å². The van der Waals surface area contributed by atoms with Gasteiger partial charge in [-0.1, -0.05) is 0 Å². The van der Waals surface area contributed by atoms with Crippen LogP contribution in [-0.4, -0.2) is 21.2 Å². The Labute approximate surface area is 79.8 Å². The lowest BCUT2D eigenvalue weighted by molar-refractivity contribution is 0.110. The van der Waals surface area contributed by atoms with Crippen LogP contribution in [0.4, 0.5) is 0 Å². The Bertz CT molecular complexity index is 450. The number of carbonyl (C=O) groups excluding carboxylic acids is 1. The number of oxazole rings is 1. The maximum Gasteiger partial charge on any atom is 0.265 e. The molecule has 0 N–H and O–H groups in total. The van der Waals surface area contributed by atoms with Gasteiger partial charge in [-0.3, -0.25) is 4.79 Å². The largest absolute Gasteiger partial charge is 0.430 e. The number of nitrogens with zero attached hydrogens (tertiary/aromatic N) is 3. The predicted molar refractivity (Wildman–Crippen MR) is 47.7 cm³/mol. The van der Waals surface area contributed by atoms with Crippen molar-refractivity contribution in [1.82, 2.24) is 15.0 Å². The molecule has 2 aromatic heterocycles. The summed E-state index contributed by atoms with van der Waals surface area (Å²) >= 11 is 0. The highest BCUT2D eigenvalue weighted by Gasteiger charge is 2.11. The van der Waals surface area contributed by atoms with Crippen molar-refractivity contribution in [1.29, 1.82) is 0 Å². The highest BCUT2D eigenvalue weighted by atomic mass is 16.4. The Balaban J connectivity index is 2.48. The third kappa shape index (κ3) is 1.39. The minimum Gasteiger partial charge on any atom is -0.430 e. The SMILES string of the molecule is Cc1nc(-c2ncccn2)oc1C=O. The van der Waals surface area contributed by atoms with Gasteiger partial charge in [-0.15, -0.1) is 0 Å². The second-order valence-electron chi connectivity index (χ2n) is 2.66. The van der Waals surface area contributed by atoms with Crippen molar-refractivity contribution >= 4 is 6.29 Å². The van der Waals surface area contributed by atoms with Crippen LogP contribution in [0.3, 0.4) is 0 Å². The second-order valence-corrected chi connectivity index (χ2v) is 2.66. The van der Waals surface area contributed by atoms with E-state index in [2.05, 4.69) is 15.0 Å². The summed E-state index contributed by atoms with van der Waals surface area (Å²) in [5, 5.41) is 0. The Kier molecular flexibility index (Phi) is 2.06. The Morgan fingerprint density at radius 3 is 2.64 bits per heavy atom. The molecule has 0 saturated carbocycles. The van der Waals surface area contributed by atoms with Gasteiger partial charge in [-0.05, 0) is 13.0 Å². The molecule has 0 amide bonds. The minimum atomic E-state index is 0.215. The Morgan fingerprint density at radius 2 is 2.07 bits per heavy atom. The molecule has 0 aliphatic carbocycles. The van der Waals surface area contributed by atoms with E-state index in [0.29, 0.717) is 17.8 Å². The van der Waals surface area contributed by atoms with Gasteiger partial charge in [0.2, 0.25) is 5.82 Å². The lowest BCUT2D eigenvalue weighted by atomic mass is 10.4. The zero-order valence-corrected chi connectivity index (χ0v) is 7.47. The van der Waals surface area contributed by atoms with E-state index >= 15 is 0 Å².